The van der Waals surface area contributed by atoms with Crippen LogP contribution in [-0.4, -0.2) is 52.5 Å². The number of nitrogens with zero attached hydrogens (tertiary/aromatic N) is 1. The Morgan fingerprint density at radius 3 is 2.39 bits per heavy atom. The van der Waals surface area contributed by atoms with Crippen molar-refractivity contribution in [3.63, 3.8) is 0 Å². The van der Waals surface area contributed by atoms with E-state index in [0.29, 0.717) is 13.1 Å². The number of hydrogen-bond donors (Lipinski definition) is 1. The molecule has 0 spiro atoms. The van der Waals surface area contributed by atoms with Crippen LogP contribution in [0.4, 0.5) is 4.79 Å². The van der Waals surface area contributed by atoms with Crippen LogP contribution in [0.15, 0.2) is 0 Å². The lowest BCUT2D eigenvalue weighted by atomic mass is 10.2. The zero-order chi connectivity index (χ0) is 14.4. The van der Waals surface area contributed by atoms with Crippen LogP contribution in [0.25, 0.3) is 0 Å². The molecular weight excluding hydrogens is 252 g/mol. The maximum Gasteiger partial charge on any atom is 0.407 e. The molecule has 0 aromatic rings. The average molecular weight is 278 g/mol. The molecule has 0 aliphatic heterocycles. The van der Waals surface area contributed by atoms with Crippen LogP contribution in [0.5, 0.6) is 0 Å². The van der Waals surface area contributed by atoms with Crippen molar-refractivity contribution in [2.75, 3.05) is 26.4 Å². The molecule has 108 valence electrons. The monoisotopic (exact) mass is 278 g/mol. The van der Waals surface area contributed by atoms with Crippen LogP contribution in [0, 0.1) is 0 Å². The maximum absolute atomic E-state index is 11.5. The second-order valence-electron chi connectivity index (χ2n) is 5.45. The molecule has 0 rings (SSSR count). The van der Waals surface area contributed by atoms with E-state index in [-0.39, 0.29) is 0 Å². The SMILES string of the molecule is C=S(C)(=O)N(C)CCCCNC(=O)OC(C)(C)C. The van der Waals surface area contributed by atoms with E-state index in [0.717, 1.165) is 12.8 Å². The molecular formula is C12H26N2O3S. The number of alkyl carbamates (subject to hydrolysis) is 1. The first-order valence-corrected chi connectivity index (χ1v) is 8.12. The minimum absolute atomic E-state index is 0.396. The van der Waals surface area contributed by atoms with Crippen molar-refractivity contribution in [2.45, 2.75) is 39.2 Å². The van der Waals surface area contributed by atoms with Crippen molar-refractivity contribution >= 4 is 21.7 Å². The molecule has 0 aliphatic carbocycles. The number of carbonyl (C=O) groups excluding carboxylic acids is 1. The summed E-state index contributed by atoms with van der Waals surface area (Å²) < 4.78 is 18.4. The third kappa shape index (κ3) is 9.30. The number of hydrogen-bond acceptors (Lipinski definition) is 3. The summed E-state index contributed by atoms with van der Waals surface area (Å²) in [5.41, 5.74) is -0.466. The van der Waals surface area contributed by atoms with E-state index in [1.807, 2.05) is 20.8 Å². The molecule has 18 heavy (non-hydrogen) atoms. The zero-order valence-corrected chi connectivity index (χ0v) is 12.9. The van der Waals surface area contributed by atoms with E-state index in [9.17, 15) is 9.00 Å². The Bertz CT molecular complexity index is 358. The first kappa shape index (κ1) is 17.2. The predicted molar refractivity (Wildman–Crippen MR) is 77.3 cm³/mol. The molecule has 0 heterocycles. The van der Waals surface area contributed by atoms with Crippen LogP contribution in [0.2, 0.25) is 0 Å². The van der Waals surface area contributed by atoms with Gasteiger partial charge >= 0.3 is 6.09 Å². The minimum Gasteiger partial charge on any atom is -0.444 e. The predicted octanol–water partition coefficient (Wildman–Crippen LogP) is 1.48. The lowest BCUT2D eigenvalue weighted by Gasteiger charge is -2.20. The number of amides is 1. The highest BCUT2D eigenvalue weighted by molar-refractivity contribution is 7.97. The smallest absolute Gasteiger partial charge is 0.407 e. The van der Waals surface area contributed by atoms with Crippen LogP contribution in [0.3, 0.4) is 0 Å². The number of carbonyl (C=O) groups is 1. The normalized spacial score (nSPS) is 15.2. The minimum atomic E-state index is -2.11. The van der Waals surface area contributed by atoms with E-state index < -0.39 is 21.4 Å². The number of unbranched alkanes of at least 4 members (excludes halogenated alkanes) is 1. The fourth-order valence-corrected chi connectivity index (χ4v) is 1.67. The van der Waals surface area contributed by atoms with Gasteiger partial charge in [0.2, 0.25) is 0 Å². The van der Waals surface area contributed by atoms with Crippen LogP contribution < -0.4 is 5.32 Å². The van der Waals surface area contributed by atoms with Gasteiger partial charge in [0.15, 0.2) is 0 Å². The molecule has 0 fully saturated rings. The van der Waals surface area contributed by atoms with Crippen molar-refractivity contribution in [1.29, 1.82) is 0 Å². The molecule has 1 N–H and O–H groups in total. The first-order chi connectivity index (χ1) is 8.02. The van der Waals surface area contributed by atoms with Gasteiger partial charge in [0.25, 0.3) is 0 Å². The Labute approximate surface area is 111 Å². The summed E-state index contributed by atoms with van der Waals surface area (Å²) in [6, 6.07) is 0. The lowest BCUT2D eigenvalue weighted by molar-refractivity contribution is 0.0527. The quantitative estimate of drug-likeness (QED) is 0.591. The molecule has 5 nitrogen and oxygen atoms in total. The Kier molecular flexibility index (Phi) is 6.70. The van der Waals surface area contributed by atoms with Crippen LogP contribution in [0.1, 0.15) is 33.6 Å². The third-order valence-corrected chi connectivity index (χ3v) is 3.73. The summed E-state index contributed by atoms with van der Waals surface area (Å²) in [6.07, 6.45) is 2.89. The highest BCUT2D eigenvalue weighted by Gasteiger charge is 2.15. The van der Waals surface area contributed by atoms with Gasteiger partial charge in [-0.05, 0) is 46.5 Å². The number of ether oxygens (including phenoxy) is 1. The molecule has 6 heteroatoms. The molecule has 0 radical (unpaired) electrons. The fourth-order valence-electron chi connectivity index (χ4n) is 1.16. The van der Waals surface area contributed by atoms with Gasteiger partial charge in [-0.3, -0.25) is 4.21 Å². The Hall–Kier alpha value is -0.750. The van der Waals surface area contributed by atoms with Crippen LogP contribution >= 0.6 is 0 Å². The summed E-state index contributed by atoms with van der Waals surface area (Å²) in [6.45, 7) is 6.74. The summed E-state index contributed by atoms with van der Waals surface area (Å²) in [4.78, 5) is 11.3. The molecule has 0 saturated carbocycles. The maximum atomic E-state index is 11.5. The van der Waals surface area contributed by atoms with Gasteiger partial charge < -0.3 is 10.1 Å². The second-order valence-corrected chi connectivity index (χ2v) is 7.99. The Morgan fingerprint density at radius 2 is 1.94 bits per heavy atom. The van der Waals surface area contributed by atoms with E-state index in [4.69, 9.17) is 4.74 Å². The Morgan fingerprint density at radius 1 is 1.39 bits per heavy atom. The van der Waals surface area contributed by atoms with Gasteiger partial charge in [0, 0.05) is 29.1 Å². The standard InChI is InChI=1S/C12H26N2O3S/c1-12(2,3)17-11(15)13-9-7-8-10-14(4)18(5,6)16/h5,7-10H2,1-4,6H3,(H,13,15). The van der Waals surface area contributed by atoms with Gasteiger partial charge in [0.1, 0.15) is 5.60 Å². The zero-order valence-electron chi connectivity index (χ0n) is 12.1. The molecule has 0 saturated heterocycles. The van der Waals surface area contributed by atoms with Crippen molar-refractivity contribution in [3.8, 4) is 0 Å². The first-order valence-electron chi connectivity index (χ1n) is 6.03. The van der Waals surface area contributed by atoms with Crippen molar-refractivity contribution in [1.82, 2.24) is 9.62 Å². The van der Waals surface area contributed by atoms with E-state index in [1.54, 1.807) is 17.6 Å². The summed E-state index contributed by atoms with van der Waals surface area (Å²) >= 11 is 0. The fraction of sp³-hybridized carbons (Fsp3) is 0.833. The highest BCUT2D eigenvalue weighted by atomic mass is 32.2. The third-order valence-electron chi connectivity index (χ3n) is 2.23. The molecule has 0 aromatic carbocycles. The van der Waals surface area contributed by atoms with Gasteiger partial charge in [-0.15, -0.1) is 0 Å². The highest BCUT2D eigenvalue weighted by Crippen LogP contribution is 2.06. The van der Waals surface area contributed by atoms with Gasteiger partial charge in [-0.25, -0.2) is 9.10 Å². The van der Waals surface area contributed by atoms with Gasteiger partial charge in [-0.1, -0.05) is 0 Å². The van der Waals surface area contributed by atoms with Crippen molar-refractivity contribution < 1.29 is 13.7 Å². The number of nitrogens with one attached hydrogen (secondary N) is 1. The molecule has 1 atom stereocenters. The summed E-state index contributed by atoms with van der Waals surface area (Å²) in [7, 11) is -0.321. The molecule has 1 amide bonds. The van der Waals surface area contributed by atoms with Crippen molar-refractivity contribution in [3.05, 3.63) is 0 Å². The van der Waals surface area contributed by atoms with Crippen molar-refractivity contribution in [2.24, 2.45) is 0 Å². The van der Waals surface area contributed by atoms with E-state index in [1.165, 1.54) is 0 Å². The molecule has 1 unspecified atom stereocenters. The topological polar surface area (TPSA) is 58.6 Å². The largest absolute Gasteiger partial charge is 0.444 e. The molecule has 0 aromatic heterocycles. The lowest BCUT2D eigenvalue weighted by Crippen LogP contribution is -2.33. The van der Waals surface area contributed by atoms with E-state index >= 15 is 0 Å². The summed E-state index contributed by atoms with van der Waals surface area (Å²) in [5, 5.41) is 2.69. The molecule has 0 aliphatic rings. The van der Waals surface area contributed by atoms with Gasteiger partial charge in [0.05, 0.1) is 0 Å². The van der Waals surface area contributed by atoms with E-state index in [2.05, 4.69) is 11.2 Å². The Balaban J connectivity index is 3.67. The molecule has 0 bridgehead atoms. The van der Waals surface area contributed by atoms with Gasteiger partial charge in [-0.2, -0.15) is 0 Å². The number of rotatable bonds is 6. The second kappa shape index (κ2) is 6.99. The van der Waals surface area contributed by atoms with Crippen LogP contribution in [-0.2, 0) is 14.4 Å². The summed E-state index contributed by atoms with van der Waals surface area (Å²) in [5.74, 6) is 3.60. The average Bonchev–Trinajstić information content (AvgIpc) is 2.12.